The number of aromatic nitrogens is 4. The Labute approximate surface area is 146 Å². The van der Waals surface area contributed by atoms with Gasteiger partial charge in [0.15, 0.2) is 0 Å². The number of nitrogens with one attached hydrogen (secondary N) is 2. The number of tetrazole rings is 1. The van der Waals surface area contributed by atoms with Gasteiger partial charge in [0.25, 0.3) is 5.91 Å². The van der Waals surface area contributed by atoms with E-state index >= 15 is 0 Å². The van der Waals surface area contributed by atoms with Crippen molar-refractivity contribution in [1.82, 2.24) is 31.1 Å². The van der Waals surface area contributed by atoms with Gasteiger partial charge in [-0.3, -0.25) is 20.4 Å². The van der Waals surface area contributed by atoms with Crippen molar-refractivity contribution < 1.29 is 14.0 Å². The molecule has 3 rings (SSSR count). The number of nitrogens with zero attached hydrogens (tertiary/aromatic N) is 4. The van der Waals surface area contributed by atoms with Crippen LogP contribution in [0.15, 0.2) is 58.3 Å². The molecule has 0 saturated carbocycles. The van der Waals surface area contributed by atoms with Crippen LogP contribution in [0.5, 0.6) is 0 Å². The number of thioether (sulfide) groups is 1. The summed E-state index contributed by atoms with van der Waals surface area (Å²) in [7, 11) is 0. The van der Waals surface area contributed by atoms with Crippen LogP contribution in [0.25, 0.3) is 0 Å². The van der Waals surface area contributed by atoms with E-state index in [0.717, 1.165) is 11.8 Å². The van der Waals surface area contributed by atoms with Gasteiger partial charge < -0.3 is 4.42 Å². The third-order valence-electron chi connectivity index (χ3n) is 3.07. The lowest BCUT2D eigenvalue weighted by molar-refractivity contribution is -0.119. The van der Waals surface area contributed by atoms with Gasteiger partial charge in [0.1, 0.15) is 12.3 Å². The molecule has 0 bridgehead atoms. The molecule has 9 nitrogen and oxygen atoms in total. The van der Waals surface area contributed by atoms with Crippen molar-refractivity contribution >= 4 is 23.6 Å². The average molecular weight is 358 g/mol. The van der Waals surface area contributed by atoms with Crippen molar-refractivity contribution in [3.8, 4) is 0 Å². The minimum Gasteiger partial charge on any atom is -0.467 e. The Kier molecular flexibility index (Phi) is 5.42. The quantitative estimate of drug-likeness (QED) is 0.496. The van der Waals surface area contributed by atoms with E-state index in [4.69, 9.17) is 4.42 Å². The van der Waals surface area contributed by atoms with E-state index in [-0.39, 0.29) is 17.6 Å². The van der Waals surface area contributed by atoms with Crippen LogP contribution in [0.1, 0.15) is 16.1 Å². The molecule has 2 aromatic heterocycles. The molecule has 0 aliphatic heterocycles. The number of hydrogen-bond donors (Lipinski definition) is 2. The van der Waals surface area contributed by atoms with E-state index in [0.29, 0.717) is 23.0 Å². The number of amides is 2. The smallest absolute Gasteiger partial charge is 0.269 e. The Balaban J connectivity index is 1.47. The summed E-state index contributed by atoms with van der Waals surface area (Å²) in [6, 6.07) is 12.2. The van der Waals surface area contributed by atoms with Crippen molar-refractivity contribution in [3.63, 3.8) is 0 Å². The van der Waals surface area contributed by atoms with Gasteiger partial charge in [-0.25, -0.2) is 4.68 Å². The first-order chi connectivity index (χ1) is 12.2. The first kappa shape index (κ1) is 16.7. The fourth-order valence-corrected chi connectivity index (χ4v) is 2.58. The maximum absolute atomic E-state index is 11.9. The number of furan rings is 1. The fourth-order valence-electron chi connectivity index (χ4n) is 1.90. The molecule has 0 spiro atoms. The van der Waals surface area contributed by atoms with Gasteiger partial charge in [-0.1, -0.05) is 30.0 Å². The number of hydrazine groups is 1. The second kappa shape index (κ2) is 8.11. The Morgan fingerprint density at radius 3 is 2.72 bits per heavy atom. The predicted molar refractivity (Wildman–Crippen MR) is 88.4 cm³/mol. The summed E-state index contributed by atoms with van der Waals surface area (Å²) in [5.41, 5.74) is 5.16. The number of benzene rings is 1. The summed E-state index contributed by atoms with van der Waals surface area (Å²) in [6.07, 6.45) is 1.56. The second-order valence-electron chi connectivity index (χ2n) is 4.86. The Bertz CT molecular complexity index is 834. The molecule has 128 valence electrons. The molecule has 0 aliphatic carbocycles. The van der Waals surface area contributed by atoms with E-state index < -0.39 is 0 Å². The van der Waals surface area contributed by atoms with Crippen LogP contribution in [-0.4, -0.2) is 37.8 Å². The zero-order chi connectivity index (χ0) is 17.5. The monoisotopic (exact) mass is 358 g/mol. The summed E-state index contributed by atoms with van der Waals surface area (Å²) >= 11 is 1.15. The molecule has 0 saturated heterocycles. The van der Waals surface area contributed by atoms with E-state index in [1.54, 1.807) is 42.7 Å². The molecule has 0 aliphatic rings. The molecule has 10 heteroatoms. The summed E-state index contributed by atoms with van der Waals surface area (Å²) < 4.78 is 6.77. The number of carbonyl (C=O) groups excluding carboxylic acids is 2. The van der Waals surface area contributed by atoms with Crippen LogP contribution < -0.4 is 10.9 Å². The molecular formula is C15H14N6O3S. The van der Waals surface area contributed by atoms with Crippen LogP contribution in [-0.2, 0) is 11.3 Å². The van der Waals surface area contributed by atoms with Crippen molar-refractivity contribution in [1.29, 1.82) is 0 Å². The highest BCUT2D eigenvalue weighted by Crippen LogP contribution is 2.14. The number of carbonyl (C=O) groups is 2. The largest absolute Gasteiger partial charge is 0.467 e. The molecule has 25 heavy (non-hydrogen) atoms. The normalized spacial score (nSPS) is 10.4. The SMILES string of the molecule is O=C(CSc1nnnn1Cc1ccco1)NNC(=O)c1ccccc1. The van der Waals surface area contributed by atoms with Crippen LogP contribution in [0, 0.1) is 0 Å². The van der Waals surface area contributed by atoms with E-state index in [1.165, 1.54) is 4.68 Å². The second-order valence-corrected chi connectivity index (χ2v) is 5.80. The van der Waals surface area contributed by atoms with Crippen LogP contribution in [0.2, 0.25) is 0 Å². The van der Waals surface area contributed by atoms with Gasteiger partial charge in [0.05, 0.1) is 12.0 Å². The minimum absolute atomic E-state index is 0.0492. The highest BCUT2D eigenvalue weighted by Gasteiger charge is 2.12. The van der Waals surface area contributed by atoms with Crippen LogP contribution in [0.4, 0.5) is 0 Å². The molecule has 3 aromatic rings. The first-order valence-corrected chi connectivity index (χ1v) is 8.26. The summed E-state index contributed by atoms with van der Waals surface area (Å²) in [5, 5.41) is 11.8. The Morgan fingerprint density at radius 1 is 1.12 bits per heavy atom. The average Bonchev–Trinajstić information content (AvgIpc) is 3.31. The summed E-state index contributed by atoms with van der Waals surface area (Å²) in [5.74, 6) is -0.00898. The van der Waals surface area contributed by atoms with Gasteiger partial charge in [-0.2, -0.15) is 0 Å². The van der Waals surface area contributed by atoms with Crippen molar-refractivity contribution in [2.45, 2.75) is 11.7 Å². The standard InChI is InChI=1S/C15H14N6O3S/c22-13(16-17-14(23)11-5-2-1-3-6-11)10-25-15-18-19-20-21(15)9-12-7-4-8-24-12/h1-8H,9-10H2,(H,16,22)(H,17,23). The molecule has 0 radical (unpaired) electrons. The zero-order valence-corrected chi connectivity index (χ0v) is 13.8. The third-order valence-corrected chi connectivity index (χ3v) is 4.03. The highest BCUT2D eigenvalue weighted by molar-refractivity contribution is 7.99. The molecule has 2 amide bonds. The molecule has 0 fully saturated rings. The lowest BCUT2D eigenvalue weighted by atomic mass is 10.2. The Hall–Kier alpha value is -3.14. The molecule has 1 aromatic carbocycles. The van der Waals surface area contributed by atoms with Crippen molar-refractivity contribution in [3.05, 3.63) is 60.1 Å². The van der Waals surface area contributed by atoms with E-state index in [1.807, 2.05) is 6.07 Å². The topological polar surface area (TPSA) is 115 Å². The van der Waals surface area contributed by atoms with Gasteiger partial charge in [-0.05, 0) is 34.7 Å². The van der Waals surface area contributed by atoms with E-state index in [2.05, 4.69) is 26.4 Å². The fraction of sp³-hybridized carbons (Fsp3) is 0.133. The van der Waals surface area contributed by atoms with Gasteiger partial charge in [0, 0.05) is 5.56 Å². The van der Waals surface area contributed by atoms with E-state index in [9.17, 15) is 9.59 Å². The molecule has 0 unspecified atom stereocenters. The maximum Gasteiger partial charge on any atom is 0.269 e. The molecular weight excluding hydrogens is 344 g/mol. The number of rotatable bonds is 6. The highest BCUT2D eigenvalue weighted by atomic mass is 32.2. The maximum atomic E-state index is 11.9. The molecule has 2 heterocycles. The van der Waals surface area contributed by atoms with Crippen LogP contribution >= 0.6 is 11.8 Å². The van der Waals surface area contributed by atoms with Crippen LogP contribution in [0.3, 0.4) is 0 Å². The predicted octanol–water partition coefficient (Wildman–Crippen LogP) is 0.868. The first-order valence-electron chi connectivity index (χ1n) is 7.28. The van der Waals surface area contributed by atoms with Crippen molar-refractivity contribution in [2.75, 3.05) is 5.75 Å². The summed E-state index contributed by atoms with van der Waals surface area (Å²) in [4.78, 5) is 23.7. The number of hydrogen-bond acceptors (Lipinski definition) is 7. The van der Waals surface area contributed by atoms with Gasteiger partial charge >= 0.3 is 0 Å². The third kappa shape index (κ3) is 4.67. The van der Waals surface area contributed by atoms with Crippen molar-refractivity contribution in [2.24, 2.45) is 0 Å². The molecule has 0 atom stereocenters. The Morgan fingerprint density at radius 2 is 1.96 bits per heavy atom. The lowest BCUT2D eigenvalue weighted by Crippen LogP contribution is -2.42. The minimum atomic E-state index is -0.387. The van der Waals surface area contributed by atoms with Gasteiger partial charge in [-0.15, -0.1) is 5.10 Å². The summed E-state index contributed by atoms with van der Waals surface area (Å²) in [6.45, 7) is 0.370. The molecule has 2 N–H and O–H groups in total. The zero-order valence-electron chi connectivity index (χ0n) is 13.0. The van der Waals surface area contributed by atoms with Gasteiger partial charge in [0.2, 0.25) is 11.1 Å². The lowest BCUT2D eigenvalue weighted by Gasteiger charge is -2.07.